The third kappa shape index (κ3) is 5.68. The Morgan fingerprint density at radius 1 is 0.968 bits per heavy atom. The van der Waals surface area contributed by atoms with E-state index in [9.17, 15) is 8.78 Å². The van der Waals surface area contributed by atoms with Crippen LogP contribution in [0.2, 0.25) is 5.02 Å². The predicted octanol–water partition coefficient (Wildman–Crippen LogP) is 5.37. The summed E-state index contributed by atoms with van der Waals surface area (Å²) in [6.45, 7) is 0.242. The Morgan fingerprint density at radius 3 is 2.45 bits per heavy atom. The van der Waals surface area contributed by atoms with Crippen LogP contribution in [0.15, 0.2) is 48.8 Å². The Balaban J connectivity index is 1.48. The van der Waals surface area contributed by atoms with Gasteiger partial charge in [-0.05, 0) is 67.1 Å². The van der Waals surface area contributed by atoms with Crippen molar-refractivity contribution in [3.63, 3.8) is 0 Å². The Hall–Kier alpha value is -2.77. The van der Waals surface area contributed by atoms with Crippen LogP contribution in [0.3, 0.4) is 0 Å². The maximum Gasteiger partial charge on any atom is 0.126 e. The van der Waals surface area contributed by atoms with Gasteiger partial charge in [0.1, 0.15) is 23.3 Å². The van der Waals surface area contributed by atoms with Gasteiger partial charge in [-0.3, -0.25) is 0 Å². The fourth-order valence-corrected chi connectivity index (χ4v) is 4.02. The number of aromatic nitrogens is 2. The number of nitrogens with one attached hydrogen (secondary N) is 2. The quantitative estimate of drug-likeness (QED) is 0.477. The molecule has 0 aliphatic heterocycles. The van der Waals surface area contributed by atoms with Crippen molar-refractivity contribution in [1.29, 1.82) is 0 Å². The molecule has 8 heteroatoms. The molecule has 0 spiro atoms. The summed E-state index contributed by atoms with van der Waals surface area (Å²) in [7, 11) is 0. The monoisotopic (exact) mass is 443 g/mol. The number of nitrogens with zero attached hydrogens (tertiary/aromatic N) is 2. The van der Waals surface area contributed by atoms with Gasteiger partial charge < -0.3 is 16.4 Å². The summed E-state index contributed by atoms with van der Waals surface area (Å²) in [5, 5.41) is 7.11. The highest BCUT2D eigenvalue weighted by Gasteiger charge is 2.19. The zero-order valence-electron chi connectivity index (χ0n) is 16.9. The molecule has 0 unspecified atom stereocenters. The van der Waals surface area contributed by atoms with Crippen LogP contribution in [0.1, 0.15) is 31.2 Å². The lowest BCUT2D eigenvalue weighted by Crippen LogP contribution is -2.33. The van der Waals surface area contributed by atoms with Crippen molar-refractivity contribution >= 4 is 23.2 Å². The van der Waals surface area contributed by atoms with Gasteiger partial charge in [0.25, 0.3) is 0 Å². The van der Waals surface area contributed by atoms with Gasteiger partial charge in [-0.2, -0.15) is 0 Å². The summed E-state index contributed by atoms with van der Waals surface area (Å²) in [5.74, 6) is 0.122. The van der Waals surface area contributed by atoms with Crippen LogP contribution >= 0.6 is 11.6 Å². The van der Waals surface area contributed by atoms with Crippen LogP contribution in [0.5, 0.6) is 0 Å². The molecule has 0 radical (unpaired) electrons. The van der Waals surface area contributed by atoms with Gasteiger partial charge in [-0.25, -0.2) is 18.7 Å². The fraction of sp³-hybridized carbons (Fsp3) is 0.304. The highest BCUT2D eigenvalue weighted by Crippen LogP contribution is 2.31. The van der Waals surface area contributed by atoms with E-state index in [1.54, 1.807) is 12.4 Å². The van der Waals surface area contributed by atoms with Gasteiger partial charge in [0.15, 0.2) is 0 Å². The lowest BCUT2D eigenvalue weighted by Gasteiger charge is -2.27. The number of hydrogen-bond donors (Lipinski definition) is 3. The molecule has 1 aliphatic rings. The molecule has 0 amide bonds. The number of rotatable bonds is 6. The van der Waals surface area contributed by atoms with Gasteiger partial charge in [0.2, 0.25) is 0 Å². The molecule has 1 aromatic carbocycles. The maximum absolute atomic E-state index is 13.4. The van der Waals surface area contributed by atoms with Crippen LogP contribution in [-0.4, -0.2) is 22.1 Å². The van der Waals surface area contributed by atoms with E-state index in [0.29, 0.717) is 28.5 Å². The Morgan fingerprint density at radius 2 is 1.71 bits per heavy atom. The highest BCUT2D eigenvalue weighted by molar-refractivity contribution is 6.33. The van der Waals surface area contributed by atoms with E-state index < -0.39 is 11.6 Å². The second-order valence-electron chi connectivity index (χ2n) is 7.87. The molecular weight excluding hydrogens is 420 g/mol. The van der Waals surface area contributed by atoms with Crippen molar-refractivity contribution in [2.24, 2.45) is 5.73 Å². The van der Waals surface area contributed by atoms with E-state index in [2.05, 4.69) is 20.6 Å². The van der Waals surface area contributed by atoms with E-state index in [1.807, 2.05) is 18.2 Å². The average molecular weight is 444 g/mol. The molecule has 2 aromatic heterocycles. The number of anilines is 2. The SMILES string of the molecule is N[C@H]1CC[C@H](Nc2cc(-c3ccnc(NCc4cc(F)cc(F)c4)c3)c(Cl)cn2)CC1. The van der Waals surface area contributed by atoms with Crippen molar-refractivity contribution in [2.75, 3.05) is 10.6 Å². The molecule has 0 atom stereocenters. The van der Waals surface area contributed by atoms with Crippen LogP contribution < -0.4 is 16.4 Å². The Labute approximate surface area is 185 Å². The van der Waals surface area contributed by atoms with Crippen molar-refractivity contribution in [2.45, 2.75) is 44.3 Å². The summed E-state index contributed by atoms with van der Waals surface area (Å²) >= 11 is 6.42. The topological polar surface area (TPSA) is 75.9 Å². The number of hydrogen-bond acceptors (Lipinski definition) is 5. The minimum atomic E-state index is -0.609. The second-order valence-corrected chi connectivity index (χ2v) is 8.27. The minimum absolute atomic E-state index is 0.242. The number of nitrogens with two attached hydrogens (primary N) is 1. The third-order valence-corrected chi connectivity index (χ3v) is 5.75. The average Bonchev–Trinajstić information content (AvgIpc) is 2.75. The van der Waals surface area contributed by atoms with Gasteiger partial charge in [-0.1, -0.05) is 11.6 Å². The standard InChI is InChI=1S/C23H24ClF2N5/c24-21-13-30-23(31-19-3-1-18(27)2-4-19)11-20(21)15-5-6-28-22(9-15)29-12-14-7-16(25)10-17(26)8-14/h5-11,13,18-19H,1-4,12,27H2,(H,28,29)(H,30,31)/t18-,19-. The smallest absolute Gasteiger partial charge is 0.126 e. The first-order valence-electron chi connectivity index (χ1n) is 10.3. The van der Waals surface area contributed by atoms with Crippen LogP contribution in [0.4, 0.5) is 20.4 Å². The molecule has 1 aliphatic carbocycles. The molecule has 2 heterocycles. The Kier molecular flexibility index (Phi) is 6.63. The molecule has 31 heavy (non-hydrogen) atoms. The fourth-order valence-electron chi connectivity index (χ4n) is 3.81. The lowest BCUT2D eigenvalue weighted by molar-refractivity contribution is 0.410. The first kappa shape index (κ1) is 21.5. The van der Waals surface area contributed by atoms with Crippen LogP contribution in [0, 0.1) is 11.6 Å². The van der Waals surface area contributed by atoms with E-state index in [0.717, 1.165) is 48.7 Å². The molecule has 4 rings (SSSR count). The summed E-state index contributed by atoms with van der Waals surface area (Å²) in [6.07, 6.45) is 7.35. The van der Waals surface area contributed by atoms with Gasteiger partial charge in [-0.15, -0.1) is 0 Å². The van der Waals surface area contributed by atoms with E-state index >= 15 is 0 Å². The molecule has 162 valence electrons. The molecule has 0 bridgehead atoms. The molecule has 5 nitrogen and oxygen atoms in total. The van der Waals surface area contributed by atoms with Crippen molar-refractivity contribution in [3.05, 3.63) is 71.0 Å². The maximum atomic E-state index is 13.4. The van der Waals surface area contributed by atoms with E-state index in [1.165, 1.54) is 12.1 Å². The summed E-state index contributed by atoms with van der Waals surface area (Å²) < 4.78 is 26.8. The summed E-state index contributed by atoms with van der Waals surface area (Å²) in [5.41, 5.74) is 8.17. The minimum Gasteiger partial charge on any atom is -0.367 e. The molecule has 3 aromatic rings. The normalized spacial score (nSPS) is 18.6. The summed E-state index contributed by atoms with van der Waals surface area (Å²) in [6, 6.07) is 9.70. The molecule has 0 saturated heterocycles. The van der Waals surface area contributed by atoms with E-state index in [-0.39, 0.29) is 6.54 Å². The van der Waals surface area contributed by atoms with Gasteiger partial charge in [0, 0.05) is 42.7 Å². The van der Waals surface area contributed by atoms with Crippen molar-refractivity contribution in [3.8, 4) is 11.1 Å². The third-order valence-electron chi connectivity index (χ3n) is 5.45. The molecular formula is C23H24ClF2N5. The first-order valence-corrected chi connectivity index (χ1v) is 10.7. The highest BCUT2D eigenvalue weighted by atomic mass is 35.5. The number of halogens is 3. The van der Waals surface area contributed by atoms with Crippen LogP contribution in [0.25, 0.3) is 11.1 Å². The van der Waals surface area contributed by atoms with Crippen molar-refractivity contribution < 1.29 is 8.78 Å². The zero-order chi connectivity index (χ0) is 21.8. The first-order chi connectivity index (χ1) is 15.0. The number of pyridine rings is 2. The number of benzene rings is 1. The van der Waals surface area contributed by atoms with Gasteiger partial charge in [0.05, 0.1) is 5.02 Å². The molecule has 1 fully saturated rings. The van der Waals surface area contributed by atoms with Crippen LogP contribution in [-0.2, 0) is 6.54 Å². The predicted molar refractivity (Wildman–Crippen MR) is 120 cm³/mol. The van der Waals surface area contributed by atoms with Gasteiger partial charge >= 0.3 is 0 Å². The van der Waals surface area contributed by atoms with E-state index in [4.69, 9.17) is 17.3 Å². The Bertz CT molecular complexity index is 1030. The zero-order valence-corrected chi connectivity index (χ0v) is 17.7. The summed E-state index contributed by atoms with van der Waals surface area (Å²) in [4.78, 5) is 8.71. The lowest BCUT2D eigenvalue weighted by atomic mass is 9.92. The largest absolute Gasteiger partial charge is 0.367 e. The van der Waals surface area contributed by atoms with Crippen molar-refractivity contribution in [1.82, 2.24) is 9.97 Å². The molecule has 4 N–H and O–H groups in total. The second kappa shape index (κ2) is 9.58. The molecule has 1 saturated carbocycles.